The summed E-state index contributed by atoms with van der Waals surface area (Å²) in [7, 11) is -3.22. The van der Waals surface area contributed by atoms with E-state index in [9.17, 15) is 0 Å². The minimum atomic E-state index is -3.22. The molecule has 6 nitrogen and oxygen atoms in total. The van der Waals surface area contributed by atoms with Gasteiger partial charge in [-0.1, -0.05) is 249 Å². The van der Waals surface area contributed by atoms with Crippen molar-refractivity contribution in [2.75, 3.05) is 0 Å². The van der Waals surface area contributed by atoms with E-state index in [0.29, 0.717) is 17.7 Å². The van der Waals surface area contributed by atoms with Crippen molar-refractivity contribution < 1.29 is 0 Å². The Hall–Kier alpha value is -10.7. The third-order valence-electron chi connectivity index (χ3n) is 16.6. The molecule has 0 N–H and O–H groups in total. The molecule has 0 bridgehead atoms. The monoisotopic (exact) mass is 1060 g/mol. The van der Waals surface area contributed by atoms with E-state index in [4.69, 9.17) is 15.0 Å². The molecule has 82 heavy (non-hydrogen) atoms. The average molecular weight is 1060 g/mol. The fraction of sp³-hybridized carbons (Fsp3) is 0. The normalized spacial score (nSPS) is 11.9. The maximum Gasteiger partial charge on any atom is 0.240 e. The van der Waals surface area contributed by atoms with Gasteiger partial charge >= 0.3 is 0 Å². The van der Waals surface area contributed by atoms with Crippen molar-refractivity contribution in [1.29, 1.82) is 0 Å². The van der Waals surface area contributed by atoms with Crippen LogP contribution in [0.1, 0.15) is 0 Å². The van der Waals surface area contributed by atoms with Crippen LogP contribution in [0.25, 0.3) is 117 Å². The van der Waals surface area contributed by atoms with E-state index in [1.54, 1.807) is 0 Å². The van der Waals surface area contributed by atoms with Crippen molar-refractivity contribution in [3.63, 3.8) is 0 Å². The van der Waals surface area contributed by atoms with E-state index < -0.39 is 8.07 Å². The molecule has 0 aliphatic heterocycles. The molecule has 0 aliphatic carbocycles. The predicted molar refractivity (Wildman–Crippen MR) is 343 cm³/mol. The first-order chi connectivity index (χ1) is 40.7. The molecule has 0 spiro atoms. The smallest absolute Gasteiger partial charge is 0.240 e. The van der Waals surface area contributed by atoms with Crippen LogP contribution in [0.5, 0.6) is 0 Å². The van der Waals surface area contributed by atoms with Gasteiger partial charge in [-0.2, -0.15) is 15.0 Å². The van der Waals surface area contributed by atoms with Crippen LogP contribution in [0.4, 0.5) is 0 Å². The first-order valence-corrected chi connectivity index (χ1v) is 29.9. The van der Waals surface area contributed by atoms with Crippen molar-refractivity contribution in [3.05, 3.63) is 303 Å². The summed E-state index contributed by atoms with van der Waals surface area (Å²) in [6, 6.07) is 110. The zero-order valence-electron chi connectivity index (χ0n) is 44.6. The van der Waals surface area contributed by atoms with Gasteiger partial charge in [0.05, 0.1) is 33.1 Å². The molecule has 0 fully saturated rings. The molecule has 0 saturated carbocycles. The van der Waals surface area contributed by atoms with Gasteiger partial charge in [-0.3, -0.25) is 9.13 Å². The Morgan fingerprint density at radius 1 is 0.220 bits per heavy atom. The van der Waals surface area contributed by atoms with Gasteiger partial charge in [-0.25, -0.2) is 0 Å². The number of aromatic nitrogens is 6. The fourth-order valence-corrected chi connectivity index (χ4v) is 17.9. The standard InChI is InChI=1S/C75H50N6Si/c1-5-24-51(25-6-1)54-46-55(52-26-7-2-8-27-52)49-60(48-54)82(57-29-9-3-10-30-57,58-31-11-4-12-32-58)59-33-23-28-53(47-59)73-76-74(80-69-41-20-15-36-63(69)64-37-16-21-42-70(64)80)78-75(77-73)81-71-43-22-17-38-65(71)66-50-56(44-45-72(66)81)79-67-39-18-13-34-61(67)62-35-14-19-40-68(62)79/h1-50H. The summed E-state index contributed by atoms with van der Waals surface area (Å²) in [4.78, 5) is 16.9. The van der Waals surface area contributed by atoms with Crippen molar-refractivity contribution in [1.82, 2.24) is 28.7 Å². The highest BCUT2D eigenvalue weighted by Crippen LogP contribution is 2.38. The fourth-order valence-electron chi connectivity index (χ4n) is 13.0. The number of hydrogen-bond acceptors (Lipinski definition) is 3. The zero-order valence-corrected chi connectivity index (χ0v) is 45.6. The van der Waals surface area contributed by atoms with Crippen LogP contribution in [0.15, 0.2) is 303 Å². The van der Waals surface area contributed by atoms with E-state index in [1.807, 2.05) is 0 Å². The van der Waals surface area contributed by atoms with Crippen LogP contribution in [0.2, 0.25) is 0 Å². The lowest BCUT2D eigenvalue weighted by atomic mass is 9.99. The van der Waals surface area contributed by atoms with Crippen molar-refractivity contribution in [3.8, 4) is 51.2 Å². The second-order valence-electron chi connectivity index (χ2n) is 21.1. The van der Waals surface area contributed by atoms with Gasteiger partial charge in [0, 0.05) is 43.6 Å². The van der Waals surface area contributed by atoms with Crippen LogP contribution in [0, 0.1) is 0 Å². The summed E-state index contributed by atoms with van der Waals surface area (Å²) in [5.74, 6) is 1.64. The lowest BCUT2D eigenvalue weighted by molar-refractivity contribution is 0.893. The third kappa shape index (κ3) is 7.51. The van der Waals surface area contributed by atoms with Gasteiger partial charge in [0.2, 0.25) is 11.9 Å². The molecule has 16 rings (SSSR count). The highest BCUT2D eigenvalue weighted by Gasteiger charge is 2.42. The minimum Gasteiger partial charge on any atom is -0.309 e. The lowest BCUT2D eigenvalue weighted by Gasteiger charge is -2.35. The largest absolute Gasteiger partial charge is 0.309 e. The summed E-state index contributed by atoms with van der Waals surface area (Å²) in [5.41, 5.74) is 13.0. The highest BCUT2D eigenvalue weighted by molar-refractivity contribution is 7.20. The molecule has 0 atom stereocenters. The Bertz CT molecular complexity index is 4900. The van der Waals surface area contributed by atoms with Crippen LogP contribution in [-0.2, 0) is 0 Å². The molecule has 7 heteroatoms. The van der Waals surface area contributed by atoms with Crippen LogP contribution >= 0.6 is 0 Å². The minimum absolute atomic E-state index is 0.528. The van der Waals surface area contributed by atoms with Gasteiger partial charge in [0.1, 0.15) is 0 Å². The molecule has 0 radical (unpaired) electrons. The van der Waals surface area contributed by atoms with E-state index in [0.717, 1.165) is 54.9 Å². The van der Waals surface area contributed by atoms with Crippen LogP contribution in [0.3, 0.4) is 0 Å². The van der Waals surface area contributed by atoms with Gasteiger partial charge in [0.25, 0.3) is 0 Å². The van der Waals surface area contributed by atoms with Crippen molar-refractivity contribution in [2.45, 2.75) is 0 Å². The number of nitrogens with zero attached hydrogens (tertiary/aromatic N) is 6. The zero-order chi connectivity index (χ0) is 54.1. The number of benzene rings is 12. The second kappa shape index (κ2) is 19.3. The highest BCUT2D eigenvalue weighted by atomic mass is 28.3. The van der Waals surface area contributed by atoms with Gasteiger partial charge in [-0.15, -0.1) is 0 Å². The number of rotatable bonds is 10. The van der Waals surface area contributed by atoms with Crippen molar-refractivity contribution >= 4 is 94.2 Å². The van der Waals surface area contributed by atoms with E-state index in [2.05, 4.69) is 317 Å². The molecule has 0 amide bonds. The predicted octanol–water partition coefficient (Wildman–Crippen LogP) is 15.5. The van der Waals surface area contributed by atoms with Gasteiger partial charge < -0.3 is 4.57 Å². The van der Waals surface area contributed by atoms with Gasteiger partial charge in [-0.05, 0) is 97.6 Å². The van der Waals surface area contributed by atoms with Gasteiger partial charge in [0.15, 0.2) is 13.9 Å². The first kappa shape index (κ1) is 47.3. The molecule has 16 aromatic rings. The molecular formula is C75H50N6Si. The number of hydrogen-bond donors (Lipinski definition) is 0. The van der Waals surface area contributed by atoms with E-state index in [1.165, 1.54) is 64.8 Å². The molecule has 384 valence electrons. The molecule has 0 saturated heterocycles. The maximum atomic E-state index is 5.66. The first-order valence-electron chi connectivity index (χ1n) is 27.9. The molecule has 4 heterocycles. The Kier molecular flexibility index (Phi) is 11.1. The molecule has 0 unspecified atom stereocenters. The van der Waals surface area contributed by atoms with E-state index in [-0.39, 0.29) is 0 Å². The third-order valence-corrected chi connectivity index (χ3v) is 21.4. The lowest BCUT2D eigenvalue weighted by Crippen LogP contribution is -2.74. The number of para-hydroxylation sites is 5. The summed E-state index contributed by atoms with van der Waals surface area (Å²) < 4.78 is 6.84. The maximum absolute atomic E-state index is 5.66. The average Bonchev–Trinajstić information content (AvgIpc) is 4.32. The molecule has 0 aliphatic rings. The summed E-state index contributed by atoms with van der Waals surface area (Å²) in [6.07, 6.45) is 0. The van der Waals surface area contributed by atoms with Crippen LogP contribution < -0.4 is 20.7 Å². The van der Waals surface area contributed by atoms with Crippen molar-refractivity contribution in [2.24, 2.45) is 0 Å². The Labute approximate surface area is 474 Å². The molecular weight excluding hydrogens is 1010 g/mol. The van der Waals surface area contributed by atoms with E-state index >= 15 is 0 Å². The SMILES string of the molecule is c1ccc(-c2cc(-c3ccccc3)cc([Si](c3ccccc3)(c3ccccc3)c3cccc(-c4nc(-n5c6ccccc6c6ccccc65)nc(-n5c6ccccc6c6cc(-n7c8ccccc8c8ccccc87)ccc65)n4)c3)c2)cc1. The van der Waals surface area contributed by atoms with Crippen LogP contribution in [-0.4, -0.2) is 36.7 Å². The number of fused-ring (bicyclic) bond motifs is 9. The molecule has 4 aromatic heterocycles. The Morgan fingerprint density at radius 3 is 1.04 bits per heavy atom. The second-order valence-corrected chi connectivity index (χ2v) is 25.0. The Balaban J connectivity index is 0.966. The topological polar surface area (TPSA) is 53.5 Å². The molecule has 12 aromatic carbocycles. The summed E-state index contributed by atoms with van der Waals surface area (Å²) in [6.45, 7) is 0. The summed E-state index contributed by atoms with van der Waals surface area (Å²) >= 11 is 0. The summed E-state index contributed by atoms with van der Waals surface area (Å²) in [5, 5.41) is 12.0. The quantitative estimate of drug-likeness (QED) is 0.101. The Morgan fingerprint density at radius 2 is 0.573 bits per heavy atom.